The number of aromatic amines is 1. The third kappa shape index (κ3) is 4.77. The Hall–Kier alpha value is -2.97. The van der Waals surface area contributed by atoms with Crippen molar-refractivity contribution in [1.29, 1.82) is 0 Å². The van der Waals surface area contributed by atoms with E-state index in [0.717, 1.165) is 56.8 Å². The Kier molecular flexibility index (Phi) is 6.75. The number of hydrogen-bond donors (Lipinski definition) is 1. The van der Waals surface area contributed by atoms with Crippen LogP contribution in [-0.4, -0.2) is 59.8 Å². The number of pyridine rings is 1. The molecule has 3 aromatic rings. The first-order valence-corrected chi connectivity index (χ1v) is 12.5. The molecule has 8 nitrogen and oxygen atoms in total. The first-order chi connectivity index (χ1) is 17.0. The van der Waals surface area contributed by atoms with Crippen molar-refractivity contribution >= 4 is 16.9 Å². The van der Waals surface area contributed by atoms with Gasteiger partial charge in [-0.2, -0.15) is 0 Å². The summed E-state index contributed by atoms with van der Waals surface area (Å²) < 4.78 is 11.0. The zero-order valence-electron chi connectivity index (χ0n) is 21.1. The second-order valence-electron chi connectivity index (χ2n) is 9.93. The van der Waals surface area contributed by atoms with Crippen molar-refractivity contribution in [2.24, 2.45) is 0 Å². The average molecular weight is 478 g/mol. The normalized spacial score (nSPS) is 17.2. The minimum atomic E-state index is -0.1000. The lowest BCUT2D eigenvalue weighted by atomic mass is 9.97. The molecule has 35 heavy (non-hydrogen) atoms. The lowest BCUT2D eigenvalue weighted by molar-refractivity contribution is 0.0384. The van der Waals surface area contributed by atoms with Crippen LogP contribution in [0.1, 0.15) is 55.0 Å². The summed E-state index contributed by atoms with van der Waals surface area (Å²) in [6.45, 7) is 8.60. The molecule has 0 spiro atoms. The molecule has 0 bridgehead atoms. The number of fused-ring (bicyclic) bond motifs is 2. The summed E-state index contributed by atoms with van der Waals surface area (Å²) in [7, 11) is 3.45. The van der Waals surface area contributed by atoms with Crippen molar-refractivity contribution in [3.05, 3.63) is 57.1 Å². The topological polar surface area (TPSA) is 83.6 Å². The van der Waals surface area contributed by atoms with Crippen molar-refractivity contribution in [3.63, 3.8) is 0 Å². The van der Waals surface area contributed by atoms with Gasteiger partial charge in [-0.05, 0) is 54.0 Å². The fourth-order valence-corrected chi connectivity index (χ4v) is 5.38. The highest BCUT2D eigenvalue weighted by Crippen LogP contribution is 2.30. The number of aromatic nitrogens is 3. The minimum Gasteiger partial charge on any atom is -0.497 e. The second-order valence-corrected chi connectivity index (χ2v) is 9.93. The van der Waals surface area contributed by atoms with Gasteiger partial charge in [0.05, 0.1) is 29.8 Å². The van der Waals surface area contributed by atoms with Crippen LogP contribution in [0.3, 0.4) is 0 Å². The molecule has 0 unspecified atom stereocenters. The number of hydrogen-bond acceptors (Lipinski definition) is 7. The van der Waals surface area contributed by atoms with E-state index in [0.29, 0.717) is 29.5 Å². The summed E-state index contributed by atoms with van der Waals surface area (Å²) in [5.41, 5.74) is 5.29. The molecule has 0 atom stereocenters. The summed E-state index contributed by atoms with van der Waals surface area (Å²) in [5, 5.41) is 0.644. The number of methoxy groups -OCH3 is 2. The third-order valence-electron chi connectivity index (χ3n) is 7.43. The number of rotatable bonds is 6. The van der Waals surface area contributed by atoms with Crippen molar-refractivity contribution in [3.8, 4) is 5.75 Å². The number of nitrogens with one attached hydrogen (secondary N) is 1. The molecule has 2 aliphatic rings. The molecular formula is C27H35N5O3. The first-order valence-electron chi connectivity index (χ1n) is 12.5. The van der Waals surface area contributed by atoms with Gasteiger partial charge in [0.1, 0.15) is 5.75 Å². The monoisotopic (exact) mass is 477 g/mol. The van der Waals surface area contributed by atoms with Crippen LogP contribution in [0.25, 0.3) is 10.9 Å². The van der Waals surface area contributed by atoms with Gasteiger partial charge < -0.3 is 14.4 Å². The molecule has 5 rings (SSSR count). The smallest absolute Gasteiger partial charge is 0.260 e. The summed E-state index contributed by atoms with van der Waals surface area (Å²) in [4.78, 5) is 30.5. The van der Waals surface area contributed by atoms with Gasteiger partial charge in [-0.1, -0.05) is 13.8 Å². The van der Waals surface area contributed by atoms with Gasteiger partial charge in [-0.3, -0.25) is 19.7 Å². The largest absolute Gasteiger partial charge is 0.497 e. The standard InChI is InChI=1S/C27H35N5O3/c1-17(2)22-13-20(35-4)14-23-25(22)26(33)30-27(29-23)32-12-8-21-18(15-32)5-9-28-24(21)16-31-10-6-19(34-3)7-11-31/h5,9,13-14,17,19H,6-8,10-12,15-16H2,1-4H3,(H,29,30,33). The Morgan fingerprint density at radius 3 is 2.69 bits per heavy atom. The average Bonchev–Trinajstić information content (AvgIpc) is 2.88. The van der Waals surface area contributed by atoms with Gasteiger partial charge >= 0.3 is 0 Å². The highest BCUT2D eigenvalue weighted by molar-refractivity contribution is 5.84. The maximum atomic E-state index is 13.1. The zero-order valence-corrected chi connectivity index (χ0v) is 21.1. The highest BCUT2D eigenvalue weighted by atomic mass is 16.5. The van der Waals surface area contributed by atoms with Crippen molar-refractivity contribution in [1.82, 2.24) is 19.9 Å². The van der Waals surface area contributed by atoms with Gasteiger partial charge in [-0.25, -0.2) is 4.98 Å². The van der Waals surface area contributed by atoms with Gasteiger partial charge in [-0.15, -0.1) is 0 Å². The Morgan fingerprint density at radius 1 is 1.17 bits per heavy atom. The predicted octanol–water partition coefficient (Wildman–Crippen LogP) is 3.62. The van der Waals surface area contributed by atoms with Crippen LogP contribution in [0.15, 0.2) is 29.2 Å². The van der Waals surface area contributed by atoms with E-state index in [4.69, 9.17) is 19.4 Å². The Balaban J connectivity index is 1.40. The lowest BCUT2D eigenvalue weighted by Crippen LogP contribution is -2.37. The summed E-state index contributed by atoms with van der Waals surface area (Å²) >= 11 is 0. The summed E-state index contributed by atoms with van der Waals surface area (Å²) in [6.07, 6.45) is 5.32. The number of anilines is 1. The van der Waals surface area contributed by atoms with Crippen LogP contribution in [-0.2, 0) is 24.2 Å². The molecule has 2 aromatic heterocycles. The Labute approximate surface area is 206 Å². The van der Waals surface area contributed by atoms with E-state index in [-0.39, 0.29) is 11.5 Å². The minimum absolute atomic E-state index is 0.1000. The number of H-pyrrole nitrogens is 1. The molecule has 1 saturated heterocycles. The maximum Gasteiger partial charge on any atom is 0.260 e. The molecule has 1 N–H and O–H groups in total. The molecule has 186 valence electrons. The highest BCUT2D eigenvalue weighted by Gasteiger charge is 2.25. The van der Waals surface area contributed by atoms with Crippen LogP contribution < -0.4 is 15.2 Å². The molecule has 0 saturated carbocycles. The van der Waals surface area contributed by atoms with Crippen molar-refractivity contribution < 1.29 is 9.47 Å². The van der Waals surface area contributed by atoms with E-state index in [1.54, 1.807) is 14.2 Å². The fourth-order valence-electron chi connectivity index (χ4n) is 5.38. The number of likely N-dealkylation sites (tertiary alicyclic amines) is 1. The molecule has 0 aliphatic carbocycles. The maximum absolute atomic E-state index is 13.1. The number of benzene rings is 1. The van der Waals surface area contributed by atoms with E-state index >= 15 is 0 Å². The Bertz CT molecular complexity index is 1260. The molecule has 2 aliphatic heterocycles. The van der Waals surface area contributed by atoms with Gasteiger partial charge in [0.25, 0.3) is 5.56 Å². The van der Waals surface area contributed by atoms with Gasteiger partial charge in [0.2, 0.25) is 5.95 Å². The fraction of sp³-hybridized carbons (Fsp3) is 0.519. The number of piperidine rings is 1. The van der Waals surface area contributed by atoms with Crippen LogP contribution in [0.2, 0.25) is 0 Å². The lowest BCUT2D eigenvalue weighted by Gasteiger charge is -2.33. The second kappa shape index (κ2) is 9.95. The van der Waals surface area contributed by atoms with E-state index < -0.39 is 0 Å². The zero-order chi connectivity index (χ0) is 24.5. The van der Waals surface area contributed by atoms with Crippen LogP contribution in [0.5, 0.6) is 5.75 Å². The molecule has 0 radical (unpaired) electrons. The molecular weight excluding hydrogens is 442 g/mol. The predicted molar refractivity (Wildman–Crippen MR) is 137 cm³/mol. The molecule has 4 heterocycles. The van der Waals surface area contributed by atoms with E-state index in [1.807, 2.05) is 18.3 Å². The third-order valence-corrected chi connectivity index (χ3v) is 7.43. The summed E-state index contributed by atoms with van der Waals surface area (Å²) in [6, 6.07) is 5.89. The summed E-state index contributed by atoms with van der Waals surface area (Å²) in [5.74, 6) is 1.52. The van der Waals surface area contributed by atoms with Crippen LogP contribution in [0, 0.1) is 0 Å². The van der Waals surface area contributed by atoms with Gasteiger partial charge in [0, 0.05) is 52.1 Å². The quantitative estimate of drug-likeness (QED) is 0.580. The SMILES string of the molecule is COc1cc(C(C)C)c2c(=O)[nH]c(N3CCc4c(ccnc4CN4CCC(OC)CC4)C3)nc2c1. The number of ether oxygens (including phenoxy) is 2. The van der Waals surface area contributed by atoms with E-state index in [9.17, 15) is 4.79 Å². The molecule has 1 aromatic carbocycles. The van der Waals surface area contributed by atoms with E-state index in [1.165, 1.54) is 16.8 Å². The van der Waals surface area contributed by atoms with Crippen molar-refractivity contribution in [2.45, 2.75) is 58.2 Å². The number of nitrogens with zero attached hydrogens (tertiary/aromatic N) is 4. The Morgan fingerprint density at radius 2 is 1.97 bits per heavy atom. The van der Waals surface area contributed by atoms with E-state index in [2.05, 4.69) is 34.7 Å². The van der Waals surface area contributed by atoms with Gasteiger partial charge in [0.15, 0.2) is 0 Å². The van der Waals surface area contributed by atoms with Crippen molar-refractivity contribution in [2.75, 3.05) is 38.8 Å². The molecule has 1 fully saturated rings. The molecule has 8 heteroatoms. The first kappa shape index (κ1) is 23.8. The van der Waals surface area contributed by atoms with Crippen LogP contribution >= 0.6 is 0 Å². The molecule has 0 amide bonds. The van der Waals surface area contributed by atoms with Crippen LogP contribution in [0.4, 0.5) is 5.95 Å².